The maximum absolute atomic E-state index is 12.3. The number of thioether (sulfide) groups is 1. The highest BCUT2D eigenvalue weighted by Gasteiger charge is 2.16. The van der Waals surface area contributed by atoms with E-state index in [0.717, 1.165) is 11.3 Å². The van der Waals surface area contributed by atoms with Crippen molar-refractivity contribution in [3.8, 4) is 11.5 Å². The van der Waals surface area contributed by atoms with Crippen LogP contribution in [0.1, 0.15) is 12.5 Å². The zero-order valence-corrected chi connectivity index (χ0v) is 16.7. The molecule has 2 aromatic carbocycles. The molecule has 0 bridgehead atoms. The second-order valence-corrected chi connectivity index (χ2v) is 7.26. The van der Waals surface area contributed by atoms with Gasteiger partial charge in [0.05, 0.1) is 25.2 Å². The van der Waals surface area contributed by atoms with Gasteiger partial charge in [0.1, 0.15) is 0 Å². The van der Waals surface area contributed by atoms with Crippen molar-refractivity contribution in [2.75, 3.05) is 30.6 Å². The van der Waals surface area contributed by atoms with Gasteiger partial charge in [-0.3, -0.25) is 9.59 Å². The molecule has 1 unspecified atom stereocenters. The van der Waals surface area contributed by atoms with Crippen LogP contribution >= 0.6 is 11.8 Å². The van der Waals surface area contributed by atoms with Crippen LogP contribution in [0.25, 0.3) is 0 Å². The Bertz CT molecular complexity index is 793. The SMILES string of the molecule is COc1ccc(NC(=O)C(C)SCC(=O)Nc2ccc(C)cc2)cc1OC. The van der Waals surface area contributed by atoms with Crippen molar-refractivity contribution in [1.82, 2.24) is 0 Å². The van der Waals surface area contributed by atoms with Crippen molar-refractivity contribution < 1.29 is 19.1 Å². The van der Waals surface area contributed by atoms with Gasteiger partial charge in [-0.25, -0.2) is 0 Å². The summed E-state index contributed by atoms with van der Waals surface area (Å²) < 4.78 is 10.4. The van der Waals surface area contributed by atoms with Crippen molar-refractivity contribution >= 4 is 35.0 Å². The molecule has 2 aromatic rings. The molecule has 6 nitrogen and oxygen atoms in total. The zero-order valence-electron chi connectivity index (χ0n) is 15.9. The molecule has 2 rings (SSSR count). The molecule has 0 saturated carbocycles. The van der Waals surface area contributed by atoms with Crippen LogP contribution in [0.5, 0.6) is 11.5 Å². The lowest BCUT2D eigenvalue weighted by molar-refractivity contribution is -0.115. The number of hydrogen-bond acceptors (Lipinski definition) is 5. The topological polar surface area (TPSA) is 76.7 Å². The molecule has 27 heavy (non-hydrogen) atoms. The van der Waals surface area contributed by atoms with E-state index in [1.54, 1.807) is 32.2 Å². The molecule has 2 N–H and O–H groups in total. The lowest BCUT2D eigenvalue weighted by atomic mass is 10.2. The number of ether oxygens (including phenoxy) is 2. The van der Waals surface area contributed by atoms with E-state index in [-0.39, 0.29) is 22.8 Å². The molecule has 7 heteroatoms. The number of nitrogens with one attached hydrogen (secondary N) is 2. The molecule has 0 aliphatic rings. The first-order valence-corrected chi connectivity index (χ1v) is 9.49. The van der Waals surface area contributed by atoms with Crippen molar-refractivity contribution in [3.05, 3.63) is 48.0 Å². The summed E-state index contributed by atoms with van der Waals surface area (Å²) in [7, 11) is 3.09. The van der Waals surface area contributed by atoms with Crippen LogP contribution in [0.3, 0.4) is 0 Å². The minimum absolute atomic E-state index is 0.144. The highest BCUT2D eigenvalue weighted by atomic mass is 32.2. The van der Waals surface area contributed by atoms with E-state index >= 15 is 0 Å². The Labute approximate surface area is 163 Å². The number of carbonyl (C=O) groups excluding carboxylic acids is 2. The second-order valence-electron chi connectivity index (χ2n) is 5.93. The summed E-state index contributed by atoms with van der Waals surface area (Å²) in [6.45, 7) is 3.75. The summed E-state index contributed by atoms with van der Waals surface area (Å²) in [5.74, 6) is 0.984. The normalized spacial score (nSPS) is 11.4. The average Bonchev–Trinajstić information content (AvgIpc) is 2.67. The maximum atomic E-state index is 12.3. The third-order valence-corrected chi connectivity index (χ3v) is 4.96. The standard InChI is InChI=1S/C20H24N2O4S/c1-13-5-7-15(8-6-13)21-19(23)12-27-14(2)20(24)22-16-9-10-17(25-3)18(11-16)26-4/h5-11,14H,12H2,1-4H3,(H,21,23)(H,22,24). The van der Waals surface area contributed by atoms with Crippen molar-refractivity contribution in [2.24, 2.45) is 0 Å². The molecule has 1 atom stereocenters. The number of hydrogen-bond donors (Lipinski definition) is 2. The van der Waals surface area contributed by atoms with Gasteiger partial charge in [0, 0.05) is 17.4 Å². The average molecular weight is 388 g/mol. The van der Waals surface area contributed by atoms with Crippen molar-refractivity contribution in [1.29, 1.82) is 0 Å². The fourth-order valence-corrected chi connectivity index (χ4v) is 2.95. The van der Waals surface area contributed by atoms with Crippen LogP contribution < -0.4 is 20.1 Å². The Kier molecular flexibility index (Phi) is 7.55. The number of benzene rings is 2. The summed E-state index contributed by atoms with van der Waals surface area (Å²) in [4.78, 5) is 24.4. The van der Waals surface area contributed by atoms with E-state index in [1.165, 1.54) is 18.9 Å². The minimum atomic E-state index is -0.387. The Morgan fingerprint density at radius 1 is 0.963 bits per heavy atom. The van der Waals surface area contributed by atoms with E-state index in [1.807, 2.05) is 31.2 Å². The third kappa shape index (κ3) is 6.21. The van der Waals surface area contributed by atoms with Gasteiger partial charge in [-0.2, -0.15) is 0 Å². The summed E-state index contributed by atoms with van der Waals surface area (Å²) in [6, 6.07) is 12.7. The third-order valence-electron chi connectivity index (χ3n) is 3.82. The zero-order chi connectivity index (χ0) is 19.8. The Morgan fingerprint density at radius 3 is 2.22 bits per heavy atom. The fraction of sp³-hybridized carbons (Fsp3) is 0.300. The molecule has 0 aliphatic heterocycles. The predicted molar refractivity (Wildman–Crippen MR) is 110 cm³/mol. The summed E-state index contributed by atoms with van der Waals surface area (Å²) >= 11 is 1.27. The quantitative estimate of drug-likeness (QED) is 0.721. The first-order chi connectivity index (χ1) is 12.9. The monoisotopic (exact) mass is 388 g/mol. The lowest BCUT2D eigenvalue weighted by Crippen LogP contribution is -2.25. The molecule has 0 spiro atoms. The van der Waals surface area contributed by atoms with Gasteiger partial charge < -0.3 is 20.1 Å². The number of carbonyl (C=O) groups is 2. The van der Waals surface area contributed by atoms with Gasteiger partial charge in [0.2, 0.25) is 11.8 Å². The van der Waals surface area contributed by atoms with Gasteiger partial charge in [-0.15, -0.1) is 11.8 Å². The highest BCUT2D eigenvalue weighted by Crippen LogP contribution is 2.30. The molecule has 2 amide bonds. The number of amides is 2. The molecule has 144 valence electrons. The van der Waals surface area contributed by atoms with Gasteiger partial charge >= 0.3 is 0 Å². The van der Waals surface area contributed by atoms with Gasteiger partial charge in [-0.05, 0) is 38.1 Å². The molecular formula is C20H24N2O4S. The minimum Gasteiger partial charge on any atom is -0.493 e. The highest BCUT2D eigenvalue weighted by molar-refractivity contribution is 8.01. The van der Waals surface area contributed by atoms with Crippen LogP contribution in [0.4, 0.5) is 11.4 Å². The van der Waals surface area contributed by atoms with E-state index in [2.05, 4.69) is 10.6 Å². The number of rotatable bonds is 8. The van der Waals surface area contributed by atoms with E-state index in [9.17, 15) is 9.59 Å². The summed E-state index contributed by atoms with van der Waals surface area (Å²) in [6.07, 6.45) is 0. The fourth-order valence-electron chi connectivity index (χ4n) is 2.27. The maximum Gasteiger partial charge on any atom is 0.237 e. The first-order valence-electron chi connectivity index (χ1n) is 8.44. The van der Waals surface area contributed by atoms with Gasteiger partial charge in [-0.1, -0.05) is 17.7 Å². The first kappa shape index (κ1) is 20.6. The Balaban J connectivity index is 1.84. The lowest BCUT2D eigenvalue weighted by Gasteiger charge is -2.14. The molecule has 0 fully saturated rings. The van der Waals surface area contributed by atoms with Crippen molar-refractivity contribution in [3.63, 3.8) is 0 Å². The van der Waals surface area contributed by atoms with Crippen LogP contribution in [0.2, 0.25) is 0 Å². The largest absolute Gasteiger partial charge is 0.493 e. The van der Waals surface area contributed by atoms with Crippen LogP contribution in [-0.2, 0) is 9.59 Å². The summed E-state index contributed by atoms with van der Waals surface area (Å²) in [5.41, 5.74) is 2.48. The number of aryl methyl sites for hydroxylation is 1. The van der Waals surface area contributed by atoms with E-state index in [4.69, 9.17) is 9.47 Å². The van der Waals surface area contributed by atoms with Crippen LogP contribution in [0, 0.1) is 6.92 Å². The molecule has 0 aromatic heterocycles. The van der Waals surface area contributed by atoms with Crippen LogP contribution in [-0.4, -0.2) is 37.0 Å². The molecular weight excluding hydrogens is 364 g/mol. The smallest absolute Gasteiger partial charge is 0.237 e. The summed E-state index contributed by atoms with van der Waals surface area (Å²) in [5, 5.41) is 5.25. The van der Waals surface area contributed by atoms with Gasteiger partial charge in [0.25, 0.3) is 0 Å². The molecule has 0 aliphatic carbocycles. The number of anilines is 2. The molecule has 0 radical (unpaired) electrons. The second kappa shape index (κ2) is 9.87. The predicted octanol–water partition coefficient (Wildman–Crippen LogP) is 3.71. The van der Waals surface area contributed by atoms with Crippen molar-refractivity contribution in [2.45, 2.75) is 19.1 Å². The van der Waals surface area contributed by atoms with E-state index < -0.39 is 0 Å². The molecule has 0 saturated heterocycles. The van der Waals surface area contributed by atoms with E-state index in [0.29, 0.717) is 17.2 Å². The Hall–Kier alpha value is -2.67. The van der Waals surface area contributed by atoms with Crippen LogP contribution in [0.15, 0.2) is 42.5 Å². The Morgan fingerprint density at radius 2 is 1.59 bits per heavy atom. The number of methoxy groups -OCH3 is 2. The van der Waals surface area contributed by atoms with Gasteiger partial charge in [0.15, 0.2) is 11.5 Å². The molecule has 0 heterocycles.